The van der Waals surface area contributed by atoms with Gasteiger partial charge in [-0.15, -0.1) is 0 Å². The zero-order valence-corrected chi connectivity index (χ0v) is 11.2. The van der Waals surface area contributed by atoms with E-state index in [1.54, 1.807) is 0 Å². The van der Waals surface area contributed by atoms with E-state index in [4.69, 9.17) is 9.47 Å². The second-order valence-corrected chi connectivity index (χ2v) is 4.16. The summed E-state index contributed by atoms with van der Waals surface area (Å²) in [6.45, 7) is 6.33. The molecule has 4 nitrogen and oxygen atoms in total. The Labute approximate surface area is 104 Å². The fourth-order valence-corrected chi connectivity index (χ4v) is 1.41. The Morgan fingerprint density at radius 2 is 1.71 bits per heavy atom. The lowest BCUT2D eigenvalue weighted by molar-refractivity contribution is -0.149. The second-order valence-electron chi connectivity index (χ2n) is 4.16. The summed E-state index contributed by atoms with van der Waals surface area (Å²) in [5.41, 5.74) is 0. The lowest BCUT2D eigenvalue weighted by atomic mass is 10.2. The van der Waals surface area contributed by atoms with E-state index in [1.807, 2.05) is 20.8 Å². The van der Waals surface area contributed by atoms with Gasteiger partial charge in [0.15, 0.2) is 0 Å². The predicted molar refractivity (Wildman–Crippen MR) is 65.6 cm³/mol. The zero-order valence-electron chi connectivity index (χ0n) is 11.2. The maximum absolute atomic E-state index is 11.3. The van der Waals surface area contributed by atoms with Crippen molar-refractivity contribution in [1.82, 2.24) is 0 Å². The molecule has 4 heteroatoms. The third-order valence-corrected chi connectivity index (χ3v) is 2.26. The van der Waals surface area contributed by atoms with Gasteiger partial charge in [-0.3, -0.25) is 9.59 Å². The van der Waals surface area contributed by atoms with Crippen LogP contribution in [0.1, 0.15) is 59.3 Å². The summed E-state index contributed by atoms with van der Waals surface area (Å²) >= 11 is 0. The van der Waals surface area contributed by atoms with Crippen LogP contribution in [0.25, 0.3) is 0 Å². The van der Waals surface area contributed by atoms with Gasteiger partial charge in [-0.25, -0.2) is 0 Å². The van der Waals surface area contributed by atoms with E-state index < -0.39 is 0 Å². The Morgan fingerprint density at radius 3 is 2.29 bits per heavy atom. The minimum Gasteiger partial charge on any atom is -0.466 e. The molecule has 1 unspecified atom stereocenters. The normalized spacial score (nSPS) is 11.9. The quantitative estimate of drug-likeness (QED) is 0.585. The van der Waals surface area contributed by atoms with Crippen molar-refractivity contribution in [1.29, 1.82) is 0 Å². The van der Waals surface area contributed by atoms with E-state index in [1.165, 1.54) is 0 Å². The summed E-state index contributed by atoms with van der Waals surface area (Å²) in [7, 11) is 0. The Hall–Kier alpha value is -1.06. The summed E-state index contributed by atoms with van der Waals surface area (Å²) in [5.74, 6) is -0.463. The van der Waals surface area contributed by atoms with Crippen LogP contribution >= 0.6 is 0 Å². The monoisotopic (exact) mass is 244 g/mol. The number of rotatable bonds is 9. The minimum atomic E-state index is -0.235. The molecule has 0 heterocycles. The molecule has 0 fully saturated rings. The number of hydrogen-bond acceptors (Lipinski definition) is 4. The van der Waals surface area contributed by atoms with Gasteiger partial charge < -0.3 is 9.47 Å². The van der Waals surface area contributed by atoms with E-state index in [-0.39, 0.29) is 30.9 Å². The molecule has 0 radical (unpaired) electrons. The maximum atomic E-state index is 11.3. The van der Waals surface area contributed by atoms with E-state index in [0.717, 1.165) is 19.3 Å². The first-order valence-electron chi connectivity index (χ1n) is 6.45. The van der Waals surface area contributed by atoms with Gasteiger partial charge in [0.05, 0.1) is 12.7 Å². The van der Waals surface area contributed by atoms with E-state index in [0.29, 0.717) is 13.0 Å². The first kappa shape index (κ1) is 15.9. The molecule has 0 aromatic heterocycles. The van der Waals surface area contributed by atoms with Crippen molar-refractivity contribution < 1.29 is 19.1 Å². The fraction of sp³-hybridized carbons (Fsp3) is 0.846. The lowest BCUT2D eigenvalue weighted by Gasteiger charge is -2.11. The molecular weight excluding hydrogens is 220 g/mol. The van der Waals surface area contributed by atoms with E-state index in [2.05, 4.69) is 0 Å². The van der Waals surface area contributed by atoms with Gasteiger partial charge in [-0.1, -0.05) is 20.3 Å². The number of hydrogen-bond donors (Lipinski definition) is 0. The minimum absolute atomic E-state index is 0.0282. The number of carbonyl (C=O) groups excluding carboxylic acids is 2. The fourth-order valence-electron chi connectivity index (χ4n) is 1.41. The standard InChI is InChI=1S/C13H24O4/c1-4-7-11(3)17-13(15)9-6-8-12(14)16-10-5-2/h11H,4-10H2,1-3H3. The molecule has 0 amide bonds. The Balaban J connectivity index is 3.53. The SMILES string of the molecule is CCCOC(=O)CCCC(=O)OC(C)CCC. The van der Waals surface area contributed by atoms with Gasteiger partial charge in [0, 0.05) is 12.8 Å². The van der Waals surface area contributed by atoms with Crippen LogP contribution in [-0.2, 0) is 19.1 Å². The van der Waals surface area contributed by atoms with E-state index >= 15 is 0 Å². The highest BCUT2D eigenvalue weighted by atomic mass is 16.5. The molecule has 100 valence electrons. The zero-order chi connectivity index (χ0) is 13.1. The smallest absolute Gasteiger partial charge is 0.306 e. The third-order valence-electron chi connectivity index (χ3n) is 2.26. The summed E-state index contributed by atoms with van der Waals surface area (Å²) in [4.78, 5) is 22.5. The largest absolute Gasteiger partial charge is 0.466 e. The van der Waals surface area contributed by atoms with Gasteiger partial charge in [0.1, 0.15) is 0 Å². The molecule has 0 aromatic rings. The highest BCUT2D eigenvalue weighted by molar-refractivity contribution is 5.72. The van der Waals surface area contributed by atoms with Gasteiger partial charge in [-0.05, 0) is 26.2 Å². The molecule has 0 spiro atoms. The van der Waals surface area contributed by atoms with Gasteiger partial charge in [0.25, 0.3) is 0 Å². The van der Waals surface area contributed by atoms with Crippen LogP contribution in [0.15, 0.2) is 0 Å². The third kappa shape index (κ3) is 9.85. The molecule has 0 aliphatic rings. The van der Waals surface area contributed by atoms with Crippen LogP contribution in [0.3, 0.4) is 0 Å². The molecule has 0 N–H and O–H groups in total. The van der Waals surface area contributed by atoms with Gasteiger partial charge >= 0.3 is 11.9 Å². The molecule has 0 aromatic carbocycles. The number of ether oxygens (including phenoxy) is 2. The molecule has 0 aliphatic carbocycles. The first-order valence-corrected chi connectivity index (χ1v) is 6.45. The molecule has 0 bridgehead atoms. The molecule has 0 saturated carbocycles. The predicted octanol–water partition coefficient (Wildman–Crippen LogP) is 2.84. The maximum Gasteiger partial charge on any atom is 0.306 e. The van der Waals surface area contributed by atoms with Gasteiger partial charge in [-0.2, -0.15) is 0 Å². The van der Waals surface area contributed by atoms with Crippen LogP contribution in [0, 0.1) is 0 Å². The highest BCUT2D eigenvalue weighted by Gasteiger charge is 2.10. The molecule has 0 aliphatic heterocycles. The molecular formula is C13H24O4. The summed E-state index contributed by atoms with van der Waals surface area (Å²) in [6, 6.07) is 0. The average molecular weight is 244 g/mol. The van der Waals surface area contributed by atoms with Crippen molar-refractivity contribution in [3.8, 4) is 0 Å². The second kappa shape index (κ2) is 10.1. The van der Waals surface area contributed by atoms with Crippen LogP contribution < -0.4 is 0 Å². The van der Waals surface area contributed by atoms with E-state index in [9.17, 15) is 9.59 Å². The molecule has 0 saturated heterocycles. The Kier molecular flexibility index (Phi) is 9.49. The summed E-state index contributed by atoms with van der Waals surface area (Å²) < 4.78 is 10.1. The van der Waals surface area contributed by atoms with Crippen molar-refractivity contribution >= 4 is 11.9 Å². The van der Waals surface area contributed by atoms with Crippen LogP contribution in [-0.4, -0.2) is 24.6 Å². The van der Waals surface area contributed by atoms with Crippen molar-refractivity contribution in [2.75, 3.05) is 6.61 Å². The van der Waals surface area contributed by atoms with Crippen molar-refractivity contribution in [2.45, 2.75) is 65.4 Å². The number of esters is 2. The van der Waals surface area contributed by atoms with Crippen molar-refractivity contribution in [3.05, 3.63) is 0 Å². The van der Waals surface area contributed by atoms with Crippen molar-refractivity contribution in [3.63, 3.8) is 0 Å². The average Bonchev–Trinajstić information content (AvgIpc) is 2.26. The Bertz CT molecular complexity index is 225. The first-order chi connectivity index (χ1) is 8.10. The highest BCUT2D eigenvalue weighted by Crippen LogP contribution is 2.05. The molecule has 0 rings (SSSR count). The van der Waals surface area contributed by atoms with Crippen molar-refractivity contribution in [2.24, 2.45) is 0 Å². The van der Waals surface area contributed by atoms with Gasteiger partial charge in [0.2, 0.25) is 0 Å². The lowest BCUT2D eigenvalue weighted by Crippen LogP contribution is -2.15. The van der Waals surface area contributed by atoms with Crippen LogP contribution in [0.4, 0.5) is 0 Å². The topological polar surface area (TPSA) is 52.6 Å². The molecule has 1 atom stereocenters. The summed E-state index contributed by atoms with van der Waals surface area (Å²) in [5, 5.41) is 0. The number of carbonyl (C=O) groups is 2. The molecule has 17 heavy (non-hydrogen) atoms. The summed E-state index contributed by atoms with van der Waals surface area (Å²) in [6.07, 6.45) is 3.75. The van der Waals surface area contributed by atoms with Crippen LogP contribution in [0.2, 0.25) is 0 Å². The van der Waals surface area contributed by atoms with Crippen LogP contribution in [0.5, 0.6) is 0 Å². The Morgan fingerprint density at radius 1 is 1.06 bits per heavy atom.